The third-order valence-corrected chi connectivity index (χ3v) is 18.6. The summed E-state index contributed by atoms with van der Waals surface area (Å²) in [6.07, 6.45) is -3.33. The lowest BCUT2D eigenvalue weighted by Gasteiger charge is -2.71. The molecule has 0 radical (unpaired) electrons. The quantitative estimate of drug-likeness (QED) is 0.0916. The summed E-state index contributed by atoms with van der Waals surface area (Å²) in [7, 11) is 2.66. The van der Waals surface area contributed by atoms with Gasteiger partial charge in [-0.25, -0.2) is 4.79 Å². The summed E-state index contributed by atoms with van der Waals surface area (Å²) >= 11 is 0. The predicted molar refractivity (Wildman–Crippen MR) is 249 cm³/mol. The molecule has 18 heteroatoms. The van der Waals surface area contributed by atoms with Crippen molar-refractivity contribution in [2.24, 2.45) is 50.2 Å². The Labute approximate surface area is 417 Å². The van der Waals surface area contributed by atoms with Crippen LogP contribution in [-0.2, 0) is 85.7 Å². The SMILES string of the molecule is COC(=O)[C@H]1O[C@@H](O[C@H]2CC[C@@]3(C)[C@H](CC[C@]4(C)[C@@H]3CC=C3[C@@H]5CC(C)(C)CC[C@]5(C(=O)OC)CC[C@]34C)C2(C)C)[C@H](OC(C)=O)[C@@H](OC(C)=O)[C@@H]1O[C@@H]1OC[C@@H](OC(C)=O)[C@H](OC(C)=O)[C@H]1OC(C)=O. The van der Waals surface area contributed by atoms with Gasteiger partial charge in [0, 0.05) is 34.6 Å². The van der Waals surface area contributed by atoms with Crippen LogP contribution in [0.15, 0.2) is 11.6 Å². The molecule has 0 aromatic carbocycles. The first-order chi connectivity index (χ1) is 33.1. The second-order valence-electron chi connectivity index (χ2n) is 23.5. The molecule has 0 amide bonds. The van der Waals surface area contributed by atoms with E-state index < -0.39 is 115 Å². The van der Waals surface area contributed by atoms with Crippen molar-refractivity contribution in [1.29, 1.82) is 0 Å². The number of carbonyl (C=O) groups excluding carboxylic acids is 7. The Balaban J connectivity index is 1.19. The lowest BCUT2D eigenvalue weighted by molar-refractivity contribution is -0.356. The van der Waals surface area contributed by atoms with E-state index in [1.165, 1.54) is 19.6 Å². The summed E-state index contributed by atoms with van der Waals surface area (Å²) < 4.78 is 64.8. The molecule has 18 nitrogen and oxygen atoms in total. The first-order valence-corrected chi connectivity index (χ1v) is 25.4. The third kappa shape index (κ3) is 9.77. The Morgan fingerprint density at radius 2 is 1.17 bits per heavy atom. The maximum Gasteiger partial charge on any atom is 0.338 e. The Bertz CT molecular complexity index is 2130. The largest absolute Gasteiger partial charge is 0.469 e. The van der Waals surface area contributed by atoms with Gasteiger partial charge >= 0.3 is 41.8 Å². The van der Waals surface area contributed by atoms with Crippen LogP contribution in [0.3, 0.4) is 0 Å². The van der Waals surface area contributed by atoms with Gasteiger partial charge in [-0.05, 0) is 109 Å². The fourth-order valence-electron chi connectivity index (χ4n) is 15.2. The highest BCUT2D eigenvalue weighted by Crippen LogP contribution is 2.76. The zero-order valence-corrected chi connectivity index (χ0v) is 44.2. The molecule has 4 saturated carbocycles. The fraction of sp³-hybridized carbons (Fsp3) is 0.830. The first kappa shape index (κ1) is 54.6. The highest BCUT2D eigenvalue weighted by Gasteiger charge is 2.70. The number of fused-ring (bicyclic) bond motifs is 7. The molecule has 398 valence electrons. The lowest BCUT2D eigenvalue weighted by Crippen LogP contribution is -2.68. The van der Waals surface area contributed by atoms with Crippen LogP contribution in [-0.4, -0.2) is 124 Å². The van der Waals surface area contributed by atoms with Gasteiger partial charge in [-0.2, -0.15) is 0 Å². The van der Waals surface area contributed by atoms with Gasteiger partial charge in [0.1, 0.15) is 6.10 Å². The molecule has 2 saturated heterocycles. The van der Waals surface area contributed by atoms with Crippen molar-refractivity contribution < 1.29 is 85.7 Å². The summed E-state index contributed by atoms with van der Waals surface area (Å²) in [5.74, 6) is -4.45. The Morgan fingerprint density at radius 1 is 0.592 bits per heavy atom. The summed E-state index contributed by atoms with van der Waals surface area (Å²) in [5.41, 5.74) is 0.237. The van der Waals surface area contributed by atoms with Crippen LogP contribution in [0.4, 0.5) is 0 Å². The highest BCUT2D eigenvalue weighted by molar-refractivity contribution is 5.79. The molecule has 0 bridgehead atoms. The summed E-state index contributed by atoms with van der Waals surface area (Å²) in [6, 6.07) is 0. The minimum absolute atomic E-state index is 0.0566. The number of rotatable bonds is 11. The molecular formula is C53H78O18. The van der Waals surface area contributed by atoms with Gasteiger partial charge in [-0.15, -0.1) is 0 Å². The van der Waals surface area contributed by atoms with E-state index in [0.29, 0.717) is 12.3 Å². The second-order valence-corrected chi connectivity index (χ2v) is 23.5. The van der Waals surface area contributed by atoms with E-state index in [0.717, 1.165) is 92.6 Å². The molecule has 7 rings (SSSR count). The number of allylic oxidation sites excluding steroid dienone is 2. The van der Waals surface area contributed by atoms with Gasteiger partial charge < -0.3 is 52.1 Å². The number of ether oxygens (including phenoxy) is 11. The molecular weight excluding hydrogens is 925 g/mol. The van der Waals surface area contributed by atoms with Crippen LogP contribution >= 0.6 is 0 Å². The molecule has 0 aromatic heterocycles. The normalized spacial score (nSPS) is 42.1. The van der Waals surface area contributed by atoms with E-state index in [1.54, 1.807) is 0 Å². The van der Waals surface area contributed by atoms with Crippen LogP contribution in [0.25, 0.3) is 0 Å². The van der Waals surface area contributed by atoms with Gasteiger partial charge in [0.15, 0.2) is 49.2 Å². The molecule has 7 aliphatic rings. The summed E-state index contributed by atoms with van der Waals surface area (Å²) in [6.45, 7) is 21.7. The van der Waals surface area contributed by atoms with Crippen LogP contribution in [0, 0.1) is 50.2 Å². The second kappa shape index (κ2) is 20.0. The monoisotopic (exact) mass is 1000 g/mol. The summed E-state index contributed by atoms with van der Waals surface area (Å²) in [5, 5.41) is 0. The smallest absolute Gasteiger partial charge is 0.338 e. The van der Waals surface area contributed by atoms with Crippen molar-refractivity contribution in [2.75, 3.05) is 20.8 Å². The van der Waals surface area contributed by atoms with Crippen LogP contribution in [0.2, 0.25) is 0 Å². The summed E-state index contributed by atoms with van der Waals surface area (Å²) in [4.78, 5) is 90.6. The predicted octanol–water partition coefficient (Wildman–Crippen LogP) is 6.64. The van der Waals surface area contributed by atoms with Crippen LogP contribution in [0.5, 0.6) is 0 Å². The Morgan fingerprint density at radius 3 is 1.76 bits per heavy atom. The number of hydrogen-bond donors (Lipinski definition) is 0. The van der Waals surface area contributed by atoms with Gasteiger partial charge in [-0.3, -0.25) is 28.8 Å². The number of carbonyl (C=O) groups is 7. The van der Waals surface area contributed by atoms with Crippen LogP contribution < -0.4 is 0 Å². The zero-order chi connectivity index (χ0) is 52.4. The van der Waals surface area contributed by atoms with Crippen molar-refractivity contribution in [3.63, 3.8) is 0 Å². The van der Waals surface area contributed by atoms with Gasteiger partial charge in [-0.1, -0.05) is 60.1 Å². The van der Waals surface area contributed by atoms with Crippen molar-refractivity contribution in [3.05, 3.63) is 11.6 Å². The number of methoxy groups -OCH3 is 2. The maximum atomic E-state index is 13.9. The van der Waals surface area contributed by atoms with E-state index >= 15 is 0 Å². The van der Waals surface area contributed by atoms with Gasteiger partial charge in [0.05, 0.1) is 32.3 Å². The lowest BCUT2D eigenvalue weighted by atomic mass is 9.33. The van der Waals surface area contributed by atoms with Gasteiger partial charge in [0.25, 0.3) is 0 Å². The first-order valence-electron chi connectivity index (χ1n) is 25.4. The van der Waals surface area contributed by atoms with Crippen molar-refractivity contribution in [3.8, 4) is 0 Å². The van der Waals surface area contributed by atoms with E-state index in [2.05, 4.69) is 54.5 Å². The Kier molecular flexibility index (Phi) is 15.4. The molecule has 17 atom stereocenters. The number of hydrogen-bond acceptors (Lipinski definition) is 18. The van der Waals surface area contributed by atoms with Crippen molar-refractivity contribution in [2.45, 2.75) is 209 Å². The van der Waals surface area contributed by atoms with Crippen LogP contribution in [0.1, 0.15) is 147 Å². The third-order valence-electron chi connectivity index (χ3n) is 18.6. The van der Waals surface area contributed by atoms with Crippen molar-refractivity contribution >= 4 is 41.8 Å². The average Bonchev–Trinajstić information content (AvgIpc) is 3.26. The fourth-order valence-corrected chi connectivity index (χ4v) is 15.2. The average molecular weight is 1000 g/mol. The molecule has 0 unspecified atom stereocenters. The minimum atomic E-state index is -1.72. The van der Waals surface area contributed by atoms with E-state index in [4.69, 9.17) is 52.1 Å². The standard InChI is InChI=1S/C53H78O18/c1-27(54)64-34-26-63-45(42(67-30(4)57)38(34)65-28(2)55)70-39-40(66-29(3)56)43(68-31(5)58)46(71-41(39)44(59)61-13)69-37-18-19-50(10)35(49(37,8)9)17-20-52(12)36(50)16-15-32-33-25-48(6,7)21-23-53(33,47(60)62-14)24-22-51(32,52)11/h15,33-43,45-46H,16-26H2,1-14H3/t33-,34+,35+,36+,37-,38-,39-,40-,41-,42+,43+,45-,46+,50-,51+,52+,53-/m0/s1. The molecule has 6 fully saturated rings. The van der Waals surface area contributed by atoms with Crippen molar-refractivity contribution in [1.82, 2.24) is 0 Å². The zero-order valence-electron chi connectivity index (χ0n) is 44.2. The topological polar surface area (TPSA) is 221 Å². The van der Waals surface area contributed by atoms with E-state index in [1.807, 2.05) is 0 Å². The molecule has 2 aliphatic heterocycles. The maximum absolute atomic E-state index is 13.9. The molecule has 0 N–H and O–H groups in total. The minimum Gasteiger partial charge on any atom is -0.469 e. The molecule has 0 spiro atoms. The molecule has 2 heterocycles. The Hall–Kier alpha value is -4.13. The van der Waals surface area contributed by atoms with E-state index in [-0.39, 0.29) is 39.5 Å². The molecule has 0 aromatic rings. The highest BCUT2D eigenvalue weighted by atomic mass is 16.8. The van der Waals surface area contributed by atoms with E-state index in [9.17, 15) is 33.6 Å². The van der Waals surface area contributed by atoms with Gasteiger partial charge in [0.2, 0.25) is 0 Å². The molecule has 71 heavy (non-hydrogen) atoms. The number of esters is 7. The molecule has 5 aliphatic carbocycles.